The minimum Gasteiger partial charge on any atom is -0.216 e. The first-order chi connectivity index (χ1) is 9.67. The van der Waals surface area contributed by atoms with E-state index >= 15 is 0 Å². The largest absolute Gasteiger partial charge is 0.396 e. The van der Waals surface area contributed by atoms with Crippen molar-refractivity contribution < 1.29 is 9.13 Å². The van der Waals surface area contributed by atoms with Crippen LogP contribution in [0.25, 0.3) is 11.0 Å². The second kappa shape index (κ2) is 5.26. The molecule has 0 aliphatic rings. The summed E-state index contributed by atoms with van der Waals surface area (Å²) in [6.07, 6.45) is 6.21. The van der Waals surface area contributed by atoms with Gasteiger partial charge in [-0.3, -0.25) is 0 Å². The number of halogens is 2. The van der Waals surface area contributed by atoms with Crippen LogP contribution in [-0.4, -0.2) is 9.03 Å². The molecule has 0 atom stereocenters. The molecule has 4 nitrogen and oxygen atoms in total. The van der Waals surface area contributed by atoms with Gasteiger partial charge in [-0.1, -0.05) is 13.8 Å². The Hall–Kier alpha value is -1.26. The lowest BCUT2D eigenvalue weighted by Crippen LogP contribution is -2.33. The highest BCUT2D eigenvalue weighted by Crippen LogP contribution is 2.17. The quantitative estimate of drug-likeness (QED) is 0.659. The fraction of sp³-hybridized carbons (Fsp3) is 0.429. The van der Waals surface area contributed by atoms with E-state index in [1.54, 1.807) is 0 Å². The molecule has 0 unspecified atom stereocenters. The summed E-state index contributed by atoms with van der Waals surface area (Å²) in [4.78, 5) is 0. The summed E-state index contributed by atoms with van der Waals surface area (Å²) in [6.45, 7) is 6.07. The van der Waals surface area contributed by atoms with Crippen molar-refractivity contribution in [1.82, 2.24) is 9.03 Å². The number of fused-ring (bicyclic) bond motifs is 3. The molecule has 3 aromatic heterocycles. The monoisotopic (exact) mass is 312 g/mol. The summed E-state index contributed by atoms with van der Waals surface area (Å²) < 4.78 is 8.02. The van der Waals surface area contributed by atoms with Crippen LogP contribution in [0, 0.1) is 0 Å². The summed E-state index contributed by atoms with van der Waals surface area (Å²) in [6, 6.07) is 4.14. The van der Waals surface area contributed by atoms with E-state index in [-0.39, 0.29) is 0 Å². The van der Waals surface area contributed by atoms with E-state index in [4.69, 9.17) is 23.2 Å². The number of aromatic nitrogens is 4. The van der Waals surface area contributed by atoms with Crippen molar-refractivity contribution in [2.24, 2.45) is 0 Å². The molecule has 0 fully saturated rings. The number of hydrogen-bond acceptors (Lipinski definition) is 0. The number of imidazole rings is 2. The van der Waals surface area contributed by atoms with Crippen molar-refractivity contribution in [3.8, 4) is 0 Å². The van der Waals surface area contributed by atoms with E-state index in [0.29, 0.717) is 10.6 Å². The zero-order valence-corrected chi connectivity index (χ0v) is 13.2. The van der Waals surface area contributed by atoms with Crippen LogP contribution >= 0.6 is 23.2 Å². The Morgan fingerprint density at radius 2 is 1.25 bits per heavy atom. The molecule has 0 aliphatic carbocycles. The number of aryl methyl sites for hydroxylation is 2. The summed E-state index contributed by atoms with van der Waals surface area (Å²) in [5, 5.41) is 1.35. The van der Waals surface area contributed by atoms with Gasteiger partial charge in [-0.2, -0.15) is 0 Å². The Kier molecular flexibility index (Phi) is 3.61. The van der Waals surface area contributed by atoms with Crippen LogP contribution in [0.2, 0.25) is 10.6 Å². The highest BCUT2D eigenvalue weighted by molar-refractivity contribution is 6.28. The Balaban J connectivity index is 2.33. The first-order valence-electron chi connectivity index (χ1n) is 6.97. The Labute approximate surface area is 127 Å². The smallest absolute Gasteiger partial charge is 0.216 e. The van der Waals surface area contributed by atoms with Gasteiger partial charge in [0.25, 0.3) is 0 Å². The standard InChI is InChI=1S/C14H18Cl2N4/c1-3-7-17-9-11-5-6-12-10-18(8-4-2)14(16)20(12)19(11)13(17)15/h5-6,9-10H,3-4,7-8H2,1-2H3/q+2. The highest BCUT2D eigenvalue weighted by atomic mass is 35.5. The van der Waals surface area contributed by atoms with Gasteiger partial charge >= 0.3 is 10.6 Å². The van der Waals surface area contributed by atoms with Gasteiger partial charge in [-0.25, -0.2) is 9.13 Å². The lowest BCUT2D eigenvalue weighted by atomic mass is 10.4. The van der Waals surface area contributed by atoms with Gasteiger partial charge in [0.2, 0.25) is 11.0 Å². The molecule has 0 bridgehead atoms. The van der Waals surface area contributed by atoms with Gasteiger partial charge in [-0.15, -0.1) is 0 Å². The molecule has 6 heteroatoms. The summed E-state index contributed by atoms with van der Waals surface area (Å²) in [5.74, 6) is 0. The van der Waals surface area contributed by atoms with Gasteiger partial charge in [0.15, 0.2) is 0 Å². The summed E-state index contributed by atoms with van der Waals surface area (Å²) in [5.41, 5.74) is 2.08. The van der Waals surface area contributed by atoms with Crippen molar-refractivity contribution in [1.29, 1.82) is 0 Å². The lowest BCUT2D eigenvalue weighted by Gasteiger charge is -1.92. The first-order valence-corrected chi connectivity index (χ1v) is 7.73. The van der Waals surface area contributed by atoms with Crippen LogP contribution in [0.5, 0.6) is 0 Å². The van der Waals surface area contributed by atoms with Crippen LogP contribution < -0.4 is 9.13 Å². The molecule has 0 saturated heterocycles. The molecule has 0 amide bonds. The van der Waals surface area contributed by atoms with Crippen LogP contribution in [-0.2, 0) is 13.1 Å². The molecule has 0 saturated carbocycles. The van der Waals surface area contributed by atoms with Crippen molar-refractivity contribution >= 4 is 34.2 Å². The van der Waals surface area contributed by atoms with Gasteiger partial charge in [0.05, 0.1) is 13.1 Å². The van der Waals surface area contributed by atoms with Gasteiger partial charge in [-0.05, 0) is 34.0 Å². The predicted molar refractivity (Wildman–Crippen MR) is 79.3 cm³/mol. The maximum Gasteiger partial charge on any atom is 0.396 e. The molecule has 0 radical (unpaired) electrons. The number of nitrogens with zero attached hydrogens (tertiary/aromatic N) is 4. The van der Waals surface area contributed by atoms with Crippen LogP contribution in [0.15, 0.2) is 24.5 Å². The topological polar surface area (TPSA) is 16.6 Å². The SMILES string of the molecule is CCC[n+]1cc2ccc3c[n+](CCC)c(Cl)n3n2c1Cl. The van der Waals surface area contributed by atoms with E-state index in [0.717, 1.165) is 37.0 Å². The maximum absolute atomic E-state index is 6.51. The summed E-state index contributed by atoms with van der Waals surface area (Å²) >= 11 is 13.0. The molecule has 0 N–H and O–H groups in total. The molecule has 3 aromatic rings. The minimum atomic E-state index is 0.675. The average molecular weight is 313 g/mol. The van der Waals surface area contributed by atoms with E-state index in [1.807, 2.05) is 9.03 Å². The van der Waals surface area contributed by atoms with E-state index < -0.39 is 0 Å². The third-order valence-corrected chi connectivity index (χ3v) is 4.20. The van der Waals surface area contributed by atoms with Crippen molar-refractivity contribution in [3.63, 3.8) is 0 Å². The van der Waals surface area contributed by atoms with Gasteiger partial charge < -0.3 is 0 Å². The van der Waals surface area contributed by atoms with E-state index in [1.165, 1.54) is 0 Å². The molecule has 0 aliphatic heterocycles. The third kappa shape index (κ3) is 1.98. The van der Waals surface area contributed by atoms with Gasteiger partial charge in [0, 0.05) is 23.2 Å². The van der Waals surface area contributed by atoms with Crippen molar-refractivity contribution in [2.45, 2.75) is 39.8 Å². The maximum atomic E-state index is 6.51. The van der Waals surface area contributed by atoms with E-state index in [9.17, 15) is 0 Å². The highest BCUT2D eigenvalue weighted by Gasteiger charge is 2.27. The van der Waals surface area contributed by atoms with Crippen LogP contribution in [0.4, 0.5) is 0 Å². The molecular weight excluding hydrogens is 295 g/mol. The molecule has 3 heterocycles. The molecule has 0 aromatic carbocycles. The van der Waals surface area contributed by atoms with E-state index in [2.05, 4.69) is 47.5 Å². The second-order valence-electron chi connectivity index (χ2n) is 4.99. The van der Waals surface area contributed by atoms with Gasteiger partial charge in [0.1, 0.15) is 12.4 Å². The number of hydrogen-bond donors (Lipinski definition) is 0. The molecule has 20 heavy (non-hydrogen) atoms. The minimum absolute atomic E-state index is 0.675. The zero-order chi connectivity index (χ0) is 14.3. The molecular formula is C14H18Cl2N4+2. The predicted octanol–water partition coefficient (Wildman–Crippen LogP) is 2.89. The Morgan fingerprint density at radius 1 is 0.850 bits per heavy atom. The average Bonchev–Trinajstić information content (AvgIpc) is 2.91. The first kappa shape index (κ1) is 13.7. The second-order valence-corrected chi connectivity index (χ2v) is 5.67. The van der Waals surface area contributed by atoms with Crippen LogP contribution in [0.1, 0.15) is 26.7 Å². The molecule has 106 valence electrons. The fourth-order valence-corrected chi connectivity index (χ4v) is 3.19. The number of rotatable bonds is 4. The van der Waals surface area contributed by atoms with Crippen molar-refractivity contribution in [3.05, 3.63) is 35.1 Å². The summed E-state index contributed by atoms with van der Waals surface area (Å²) in [7, 11) is 0. The molecule has 3 rings (SSSR count). The fourth-order valence-electron chi connectivity index (χ4n) is 2.58. The lowest BCUT2D eigenvalue weighted by molar-refractivity contribution is -0.695. The Bertz CT molecular complexity index is 707. The molecule has 0 spiro atoms. The Morgan fingerprint density at radius 3 is 1.60 bits per heavy atom. The van der Waals surface area contributed by atoms with Crippen molar-refractivity contribution in [2.75, 3.05) is 0 Å². The zero-order valence-electron chi connectivity index (χ0n) is 11.7. The normalized spacial score (nSPS) is 11.8. The van der Waals surface area contributed by atoms with Crippen LogP contribution in [0.3, 0.4) is 0 Å². The third-order valence-electron chi connectivity index (χ3n) is 3.44.